The molecule has 1 fully saturated rings. The lowest BCUT2D eigenvalue weighted by Crippen LogP contribution is -2.18. The van der Waals surface area contributed by atoms with E-state index in [1.165, 1.54) is 25.7 Å². The zero-order valence-electron chi connectivity index (χ0n) is 13.5. The van der Waals surface area contributed by atoms with Gasteiger partial charge in [0, 0.05) is 6.42 Å². The molecule has 0 spiro atoms. The van der Waals surface area contributed by atoms with Crippen molar-refractivity contribution in [3.05, 3.63) is 12.2 Å². The molecule has 122 valence electrons. The Morgan fingerprint density at radius 2 is 1.81 bits per heavy atom. The van der Waals surface area contributed by atoms with Crippen LogP contribution in [0.15, 0.2) is 12.2 Å². The number of rotatable bonds is 11. The highest BCUT2D eigenvalue weighted by atomic mass is 16.4. The average Bonchev–Trinajstić information content (AvgIpc) is 2.79. The van der Waals surface area contributed by atoms with E-state index in [0.717, 1.165) is 38.5 Å². The standard InChI is InChI=1S/C18H32O3/c1-2-3-7-11-16-15(13-14-17(16)19)10-8-5-4-6-9-12-18(20)21/h3,7,15-17,19H,2,4-6,8-14H2,1H3,(H,20,21)/b7-3-. The summed E-state index contributed by atoms with van der Waals surface area (Å²) in [6, 6.07) is 0. The summed E-state index contributed by atoms with van der Waals surface area (Å²) < 4.78 is 0. The van der Waals surface area contributed by atoms with Gasteiger partial charge < -0.3 is 10.2 Å². The average molecular weight is 296 g/mol. The molecule has 3 nitrogen and oxygen atoms in total. The van der Waals surface area contributed by atoms with Crippen LogP contribution >= 0.6 is 0 Å². The molecule has 2 N–H and O–H groups in total. The third kappa shape index (κ3) is 7.66. The van der Waals surface area contributed by atoms with Crippen LogP contribution in [0.5, 0.6) is 0 Å². The first kappa shape index (κ1) is 18.2. The molecule has 1 aliphatic rings. The van der Waals surface area contributed by atoms with Crippen molar-refractivity contribution < 1.29 is 15.0 Å². The lowest BCUT2D eigenvalue weighted by Gasteiger charge is -2.20. The van der Waals surface area contributed by atoms with Crippen LogP contribution in [0.3, 0.4) is 0 Å². The molecule has 3 atom stereocenters. The molecule has 0 aromatic rings. The molecule has 0 saturated heterocycles. The van der Waals surface area contributed by atoms with Gasteiger partial charge in [0.1, 0.15) is 0 Å². The van der Waals surface area contributed by atoms with Crippen molar-refractivity contribution in [3.8, 4) is 0 Å². The quantitative estimate of drug-likeness (QED) is 0.434. The number of carboxylic acids is 1. The van der Waals surface area contributed by atoms with E-state index in [2.05, 4.69) is 19.1 Å². The fraction of sp³-hybridized carbons (Fsp3) is 0.833. The number of carbonyl (C=O) groups is 1. The molecule has 0 aromatic carbocycles. The monoisotopic (exact) mass is 296 g/mol. The van der Waals surface area contributed by atoms with Gasteiger partial charge in [-0.05, 0) is 43.9 Å². The zero-order valence-corrected chi connectivity index (χ0v) is 13.5. The molecule has 0 aromatic heterocycles. The molecule has 3 heteroatoms. The summed E-state index contributed by atoms with van der Waals surface area (Å²) in [4.78, 5) is 10.4. The Bertz CT molecular complexity index is 312. The van der Waals surface area contributed by atoms with Gasteiger partial charge in [0.15, 0.2) is 0 Å². The van der Waals surface area contributed by atoms with E-state index in [-0.39, 0.29) is 6.10 Å². The van der Waals surface area contributed by atoms with Gasteiger partial charge in [-0.25, -0.2) is 0 Å². The number of hydrogen-bond donors (Lipinski definition) is 2. The molecular weight excluding hydrogens is 264 g/mol. The van der Waals surface area contributed by atoms with Gasteiger partial charge in [0.05, 0.1) is 6.10 Å². The van der Waals surface area contributed by atoms with Crippen molar-refractivity contribution in [1.82, 2.24) is 0 Å². The van der Waals surface area contributed by atoms with E-state index in [9.17, 15) is 9.90 Å². The second-order valence-electron chi connectivity index (χ2n) is 6.38. The Labute approximate surface area is 129 Å². The van der Waals surface area contributed by atoms with E-state index >= 15 is 0 Å². The molecule has 0 radical (unpaired) electrons. The maximum Gasteiger partial charge on any atom is 0.303 e. The van der Waals surface area contributed by atoms with Crippen LogP contribution in [0.4, 0.5) is 0 Å². The molecule has 1 rings (SSSR count). The lowest BCUT2D eigenvalue weighted by molar-refractivity contribution is -0.137. The van der Waals surface area contributed by atoms with E-state index in [1.54, 1.807) is 0 Å². The Morgan fingerprint density at radius 3 is 2.52 bits per heavy atom. The molecular formula is C18H32O3. The molecule has 3 unspecified atom stereocenters. The van der Waals surface area contributed by atoms with E-state index < -0.39 is 5.97 Å². The second kappa shape index (κ2) is 10.8. The molecule has 0 amide bonds. The molecule has 0 heterocycles. The van der Waals surface area contributed by atoms with Gasteiger partial charge in [-0.3, -0.25) is 4.79 Å². The van der Waals surface area contributed by atoms with Crippen LogP contribution in [-0.2, 0) is 4.79 Å². The minimum atomic E-state index is -0.682. The lowest BCUT2D eigenvalue weighted by atomic mass is 9.87. The summed E-state index contributed by atoms with van der Waals surface area (Å²) in [6.07, 6.45) is 15.5. The summed E-state index contributed by atoms with van der Waals surface area (Å²) in [5.74, 6) is 0.457. The van der Waals surface area contributed by atoms with Gasteiger partial charge in [-0.15, -0.1) is 0 Å². The number of hydrogen-bond acceptors (Lipinski definition) is 2. The number of aliphatic carboxylic acids is 1. The molecule has 0 bridgehead atoms. The SMILES string of the molecule is CC/C=C\CC1C(O)CCC1CCCCCCCC(=O)O. The summed E-state index contributed by atoms with van der Waals surface area (Å²) >= 11 is 0. The van der Waals surface area contributed by atoms with Crippen LogP contribution in [0, 0.1) is 11.8 Å². The molecule has 1 saturated carbocycles. The topological polar surface area (TPSA) is 57.5 Å². The van der Waals surface area contributed by atoms with Gasteiger partial charge >= 0.3 is 5.97 Å². The molecule has 1 aliphatic carbocycles. The molecule has 21 heavy (non-hydrogen) atoms. The summed E-state index contributed by atoms with van der Waals surface area (Å²) in [5.41, 5.74) is 0. The van der Waals surface area contributed by atoms with Crippen molar-refractivity contribution in [2.45, 2.75) is 83.7 Å². The van der Waals surface area contributed by atoms with Crippen molar-refractivity contribution in [2.24, 2.45) is 11.8 Å². The Morgan fingerprint density at radius 1 is 1.10 bits per heavy atom. The van der Waals surface area contributed by atoms with Crippen LogP contribution in [0.25, 0.3) is 0 Å². The fourth-order valence-electron chi connectivity index (χ4n) is 3.47. The molecule has 0 aliphatic heterocycles. The van der Waals surface area contributed by atoms with Crippen molar-refractivity contribution in [2.75, 3.05) is 0 Å². The predicted molar refractivity (Wildman–Crippen MR) is 86.2 cm³/mol. The first-order valence-corrected chi connectivity index (χ1v) is 8.70. The highest BCUT2D eigenvalue weighted by Crippen LogP contribution is 2.38. The zero-order chi connectivity index (χ0) is 15.5. The van der Waals surface area contributed by atoms with Gasteiger partial charge in [0.25, 0.3) is 0 Å². The number of aliphatic hydroxyl groups is 1. The largest absolute Gasteiger partial charge is 0.481 e. The minimum absolute atomic E-state index is 0.105. The second-order valence-corrected chi connectivity index (χ2v) is 6.38. The Hall–Kier alpha value is -0.830. The number of aliphatic hydroxyl groups excluding tert-OH is 1. The maximum absolute atomic E-state index is 10.4. The minimum Gasteiger partial charge on any atom is -0.481 e. The van der Waals surface area contributed by atoms with E-state index in [1.807, 2.05) is 0 Å². The van der Waals surface area contributed by atoms with Crippen LogP contribution in [0.1, 0.15) is 77.6 Å². The van der Waals surface area contributed by atoms with E-state index in [0.29, 0.717) is 18.3 Å². The smallest absolute Gasteiger partial charge is 0.303 e. The maximum atomic E-state index is 10.4. The van der Waals surface area contributed by atoms with Gasteiger partial charge in [-0.2, -0.15) is 0 Å². The summed E-state index contributed by atoms with van der Waals surface area (Å²) in [6.45, 7) is 2.14. The first-order valence-electron chi connectivity index (χ1n) is 8.70. The van der Waals surface area contributed by atoms with Gasteiger partial charge in [0.2, 0.25) is 0 Å². The van der Waals surface area contributed by atoms with E-state index in [4.69, 9.17) is 5.11 Å². The predicted octanol–water partition coefficient (Wildman–Crippen LogP) is 4.55. The normalized spacial score (nSPS) is 25.7. The fourth-order valence-corrected chi connectivity index (χ4v) is 3.47. The number of unbranched alkanes of at least 4 members (excludes halogenated alkanes) is 4. The highest BCUT2D eigenvalue weighted by molar-refractivity contribution is 5.66. The van der Waals surface area contributed by atoms with Gasteiger partial charge in [-0.1, -0.05) is 51.2 Å². The number of allylic oxidation sites excluding steroid dienone is 2. The number of carboxylic acid groups (broad SMARTS) is 1. The summed E-state index contributed by atoms with van der Waals surface area (Å²) in [7, 11) is 0. The van der Waals surface area contributed by atoms with Crippen LogP contribution in [0.2, 0.25) is 0 Å². The van der Waals surface area contributed by atoms with Crippen molar-refractivity contribution >= 4 is 5.97 Å². The first-order chi connectivity index (χ1) is 10.1. The highest BCUT2D eigenvalue weighted by Gasteiger charge is 2.33. The van der Waals surface area contributed by atoms with Crippen molar-refractivity contribution in [3.63, 3.8) is 0 Å². The van der Waals surface area contributed by atoms with Crippen molar-refractivity contribution in [1.29, 1.82) is 0 Å². The third-order valence-electron chi connectivity index (χ3n) is 4.71. The Balaban J connectivity index is 2.12. The summed E-state index contributed by atoms with van der Waals surface area (Å²) in [5, 5.41) is 18.7. The third-order valence-corrected chi connectivity index (χ3v) is 4.71. The van der Waals surface area contributed by atoms with Crippen LogP contribution < -0.4 is 0 Å². The van der Waals surface area contributed by atoms with Crippen LogP contribution in [-0.4, -0.2) is 22.3 Å². The Kier molecular flexibility index (Phi) is 9.40.